The minimum absolute atomic E-state index is 0.00543. The van der Waals surface area contributed by atoms with Crippen molar-refractivity contribution in [1.82, 2.24) is 14.8 Å². The molecule has 0 spiro atoms. The van der Waals surface area contributed by atoms with Crippen molar-refractivity contribution in [3.8, 4) is 17.2 Å². The van der Waals surface area contributed by atoms with E-state index in [1.54, 1.807) is 32.4 Å². The molecule has 1 aromatic heterocycles. The Morgan fingerprint density at radius 3 is 2.39 bits per heavy atom. The zero-order valence-electron chi connectivity index (χ0n) is 20.4. The molecule has 2 amide bonds. The van der Waals surface area contributed by atoms with E-state index in [0.717, 1.165) is 11.1 Å². The molecule has 2 aliphatic heterocycles. The molecule has 0 unspecified atom stereocenters. The lowest BCUT2D eigenvalue weighted by molar-refractivity contribution is -0.134. The number of fused-ring (bicyclic) bond motifs is 1. The van der Waals surface area contributed by atoms with Crippen LogP contribution in [0.5, 0.6) is 17.2 Å². The number of hydrogen-bond acceptors (Lipinski definition) is 6. The number of amides is 2. The van der Waals surface area contributed by atoms with E-state index in [-0.39, 0.29) is 30.7 Å². The first kappa shape index (κ1) is 23.7. The van der Waals surface area contributed by atoms with Crippen LogP contribution in [0, 0.1) is 0 Å². The molecule has 36 heavy (non-hydrogen) atoms. The number of methoxy groups -OCH3 is 1. The number of carbonyl (C=O) groups excluding carboxylic acids is 2. The van der Waals surface area contributed by atoms with Crippen molar-refractivity contribution >= 4 is 11.8 Å². The largest absolute Gasteiger partial charge is 0.493 e. The van der Waals surface area contributed by atoms with E-state index in [1.165, 1.54) is 0 Å². The van der Waals surface area contributed by atoms with Crippen LogP contribution in [-0.2, 0) is 17.6 Å². The highest BCUT2D eigenvalue weighted by atomic mass is 16.7. The molecular formula is C28H29N3O5. The zero-order valence-corrected chi connectivity index (χ0v) is 20.4. The summed E-state index contributed by atoms with van der Waals surface area (Å²) in [5.74, 6) is 1.64. The van der Waals surface area contributed by atoms with Gasteiger partial charge in [0.05, 0.1) is 19.2 Å². The molecule has 0 saturated carbocycles. The number of rotatable bonds is 6. The Morgan fingerprint density at radius 2 is 1.67 bits per heavy atom. The van der Waals surface area contributed by atoms with Gasteiger partial charge in [-0.1, -0.05) is 36.4 Å². The molecule has 1 saturated heterocycles. The Kier molecular flexibility index (Phi) is 6.75. The van der Waals surface area contributed by atoms with Gasteiger partial charge in [0.25, 0.3) is 5.91 Å². The maximum Gasteiger partial charge on any atom is 0.272 e. The van der Waals surface area contributed by atoms with Gasteiger partial charge < -0.3 is 24.0 Å². The highest BCUT2D eigenvalue weighted by molar-refractivity contribution is 5.92. The summed E-state index contributed by atoms with van der Waals surface area (Å²) in [6.45, 7) is 2.56. The first-order valence-corrected chi connectivity index (χ1v) is 12.0. The lowest BCUT2D eigenvalue weighted by Crippen LogP contribution is -2.62. The minimum atomic E-state index is -0.250. The number of nitrogens with zero attached hydrogens (tertiary/aromatic N) is 3. The molecule has 3 heterocycles. The maximum absolute atomic E-state index is 13.7. The number of benzene rings is 2. The van der Waals surface area contributed by atoms with Crippen molar-refractivity contribution in [3.05, 3.63) is 83.7 Å². The fourth-order valence-corrected chi connectivity index (χ4v) is 5.03. The van der Waals surface area contributed by atoms with Gasteiger partial charge in [-0.2, -0.15) is 0 Å². The Morgan fingerprint density at radius 1 is 0.944 bits per heavy atom. The van der Waals surface area contributed by atoms with E-state index < -0.39 is 0 Å². The average Bonchev–Trinajstić information content (AvgIpc) is 3.38. The lowest BCUT2D eigenvalue weighted by atomic mass is 9.95. The van der Waals surface area contributed by atoms with Crippen LogP contribution in [0.2, 0.25) is 0 Å². The summed E-state index contributed by atoms with van der Waals surface area (Å²) in [6.07, 6.45) is 2.81. The third-order valence-electron chi connectivity index (χ3n) is 6.75. The molecule has 1 fully saturated rings. The summed E-state index contributed by atoms with van der Waals surface area (Å²) in [4.78, 5) is 34.5. The molecule has 2 aromatic carbocycles. The molecule has 0 bridgehead atoms. The highest BCUT2D eigenvalue weighted by Gasteiger charge is 2.38. The summed E-state index contributed by atoms with van der Waals surface area (Å²) in [6, 6.07) is 18.8. The summed E-state index contributed by atoms with van der Waals surface area (Å²) in [5, 5.41) is 0. The van der Waals surface area contributed by atoms with E-state index in [9.17, 15) is 9.59 Å². The van der Waals surface area contributed by atoms with Crippen LogP contribution in [0.15, 0.2) is 66.9 Å². The second-order valence-corrected chi connectivity index (χ2v) is 9.08. The maximum atomic E-state index is 13.7. The molecule has 2 atom stereocenters. The second kappa shape index (κ2) is 10.3. The summed E-state index contributed by atoms with van der Waals surface area (Å²) >= 11 is 0. The van der Waals surface area contributed by atoms with Gasteiger partial charge >= 0.3 is 0 Å². The number of piperazine rings is 1. The van der Waals surface area contributed by atoms with Crippen LogP contribution >= 0.6 is 0 Å². The van der Waals surface area contributed by atoms with Crippen LogP contribution in [-0.4, -0.2) is 65.7 Å². The molecule has 0 radical (unpaired) electrons. The molecule has 8 nitrogen and oxygen atoms in total. The van der Waals surface area contributed by atoms with E-state index in [1.807, 2.05) is 58.3 Å². The van der Waals surface area contributed by atoms with E-state index in [0.29, 0.717) is 48.9 Å². The third-order valence-corrected chi connectivity index (χ3v) is 6.75. The van der Waals surface area contributed by atoms with Gasteiger partial charge in [-0.25, -0.2) is 0 Å². The SMILES string of the molecule is COc1cc(C[C@H]2CN(C(C)=O)[C@@H](Cc3ccccc3)CN2C(=O)c2ccccn2)cc2c1OCO2. The molecule has 186 valence electrons. The summed E-state index contributed by atoms with van der Waals surface area (Å²) in [7, 11) is 1.59. The monoisotopic (exact) mass is 487 g/mol. The van der Waals surface area contributed by atoms with Crippen LogP contribution < -0.4 is 14.2 Å². The smallest absolute Gasteiger partial charge is 0.272 e. The fraction of sp³-hybridized carbons (Fsp3) is 0.321. The standard InChI is InChI=1S/C28H29N3O5/c1-19(32)30-16-23(13-21-14-25(34-2)27-26(15-21)35-18-36-27)31(28(33)24-10-6-7-11-29-24)17-22(30)12-20-8-4-3-5-9-20/h3-11,14-15,22-23H,12-13,16-18H2,1-2H3/t22-,23-/m0/s1. The highest BCUT2D eigenvalue weighted by Crippen LogP contribution is 2.42. The quantitative estimate of drug-likeness (QED) is 0.531. The van der Waals surface area contributed by atoms with Crippen LogP contribution in [0.1, 0.15) is 28.5 Å². The van der Waals surface area contributed by atoms with Gasteiger partial charge in [-0.3, -0.25) is 14.6 Å². The minimum Gasteiger partial charge on any atom is -0.493 e. The molecule has 5 rings (SSSR count). The van der Waals surface area contributed by atoms with Crippen LogP contribution in [0.3, 0.4) is 0 Å². The normalized spacial score (nSPS) is 18.7. The predicted octanol–water partition coefficient (Wildman–Crippen LogP) is 3.35. The van der Waals surface area contributed by atoms with Crippen LogP contribution in [0.25, 0.3) is 0 Å². The second-order valence-electron chi connectivity index (χ2n) is 9.08. The topological polar surface area (TPSA) is 81.2 Å². The Hall–Kier alpha value is -4.07. The molecule has 8 heteroatoms. The van der Waals surface area contributed by atoms with Gasteiger partial charge in [0, 0.05) is 26.2 Å². The van der Waals surface area contributed by atoms with Gasteiger partial charge in [-0.15, -0.1) is 0 Å². The van der Waals surface area contributed by atoms with Crippen molar-refractivity contribution in [1.29, 1.82) is 0 Å². The Bertz CT molecular complexity index is 1230. The molecule has 0 aliphatic carbocycles. The predicted molar refractivity (Wildman–Crippen MR) is 133 cm³/mol. The van der Waals surface area contributed by atoms with Crippen molar-refractivity contribution in [2.45, 2.75) is 31.8 Å². The first-order chi connectivity index (χ1) is 17.5. The van der Waals surface area contributed by atoms with Gasteiger partial charge in [0.2, 0.25) is 18.4 Å². The van der Waals surface area contributed by atoms with Gasteiger partial charge in [-0.05, 0) is 48.2 Å². The number of hydrogen-bond donors (Lipinski definition) is 0. The fourth-order valence-electron chi connectivity index (χ4n) is 5.03. The van der Waals surface area contributed by atoms with E-state index in [4.69, 9.17) is 14.2 Å². The molecule has 0 N–H and O–H groups in total. The summed E-state index contributed by atoms with van der Waals surface area (Å²) < 4.78 is 16.6. The average molecular weight is 488 g/mol. The van der Waals surface area contributed by atoms with E-state index in [2.05, 4.69) is 4.98 Å². The third kappa shape index (κ3) is 4.84. The number of pyridine rings is 1. The van der Waals surface area contributed by atoms with Crippen molar-refractivity contribution in [2.24, 2.45) is 0 Å². The first-order valence-electron chi connectivity index (χ1n) is 12.0. The van der Waals surface area contributed by atoms with Crippen molar-refractivity contribution in [3.63, 3.8) is 0 Å². The lowest BCUT2D eigenvalue weighted by Gasteiger charge is -2.46. The Labute approximate surface area is 210 Å². The summed E-state index contributed by atoms with van der Waals surface area (Å²) in [5.41, 5.74) is 2.45. The molecule has 2 aliphatic rings. The van der Waals surface area contributed by atoms with Gasteiger partial charge in [0.1, 0.15) is 5.69 Å². The molecular weight excluding hydrogens is 458 g/mol. The zero-order chi connectivity index (χ0) is 25.1. The number of ether oxygens (including phenoxy) is 3. The number of aromatic nitrogens is 1. The van der Waals surface area contributed by atoms with Crippen LogP contribution in [0.4, 0.5) is 0 Å². The van der Waals surface area contributed by atoms with Gasteiger partial charge in [0.15, 0.2) is 11.5 Å². The van der Waals surface area contributed by atoms with E-state index >= 15 is 0 Å². The van der Waals surface area contributed by atoms with Crippen molar-refractivity contribution in [2.75, 3.05) is 27.0 Å². The van der Waals surface area contributed by atoms with Crippen molar-refractivity contribution < 1.29 is 23.8 Å². The Balaban J connectivity index is 1.47. The molecule has 3 aromatic rings. The number of carbonyl (C=O) groups is 2.